The second kappa shape index (κ2) is 8.19. The Kier molecular flexibility index (Phi) is 6.57. The van der Waals surface area contributed by atoms with E-state index in [0.717, 1.165) is 29.5 Å². The first-order valence-corrected chi connectivity index (χ1v) is 9.12. The van der Waals surface area contributed by atoms with Gasteiger partial charge in [0.2, 0.25) is 0 Å². The molecule has 0 aromatic carbocycles. The molecule has 1 heterocycles. The van der Waals surface area contributed by atoms with Crippen molar-refractivity contribution in [1.82, 2.24) is 9.78 Å². The molecule has 21 heavy (non-hydrogen) atoms. The fourth-order valence-corrected chi connectivity index (χ4v) is 4.14. The number of methoxy groups -OCH3 is 1. The molecule has 1 saturated carbocycles. The van der Waals surface area contributed by atoms with Gasteiger partial charge in [-0.05, 0) is 40.9 Å². The number of hydrogen-bond acceptors (Lipinski definition) is 5. The van der Waals surface area contributed by atoms with E-state index in [0.29, 0.717) is 23.7 Å². The number of ether oxygens (including phenoxy) is 1. The minimum atomic E-state index is -0.116. The Balaban J connectivity index is 2.01. The van der Waals surface area contributed by atoms with Crippen LogP contribution in [0.5, 0.6) is 0 Å². The van der Waals surface area contributed by atoms with Gasteiger partial charge in [0.25, 0.3) is 5.56 Å². The number of anilines is 1. The number of aromatic nitrogens is 2. The van der Waals surface area contributed by atoms with Crippen LogP contribution in [0.3, 0.4) is 0 Å². The predicted molar refractivity (Wildman–Crippen MR) is 91.3 cm³/mol. The molecular weight excluding hydrogens is 354 g/mol. The van der Waals surface area contributed by atoms with E-state index < -0.39 is 0 Å². The van der Waals surface area contributed by atoms with Crippen molar-refractivity contribution < 1.29 is 4.74 Å². The Morgan fingerprint density at radius 2 is 2.38 bits per heavy atom. The molecule has 0 amide bonds. The van der Waals surface area contributed by atoms with Crippen LogP contribution in [0.25, 0.3) is 0 Å². The smallest absolute Gasteiger partial charge is 0.283 e. The average molecular weight is 376 g/mol. The topological polar surface area (TPSA) is 56.1 Å². The number of halogens is 1. The fraction of sp³-hybridized carbons (Fsp3) is 0.714. The lowest BCUT2D eigenvalue weighted by Gasteiger charge is -2.16. The summed E-state index contributed by atoms with van der Waals surface area (Å²) in [4.78, 5) is 12.2. The van der Waals surface area contributed by atoms with Crippen LogP contribution in [0.2, 0.25) is 0 Å². The standard InChI is InChI=1S/C14H22BrN3O2S/c1-3-21-11-5-4-10(8-11)17-12-9-16-18(6-7-20-2)14(19)13(12)15/h9-11,17H,3-8H2,1-2H3. The van der Waals surface area contributed by atoms with Crippen molar-refractivity contribution in [2.24, 2.45) is 0 Å². The maximum atomic E-state index is 12.2. The van der Waals surface area contributed by atoms with Crippen LogP contribution in [0.15, 0.2) is 15.5 Å². The first-order chi connectivity index (χ1) is 10.2. The lowest BCUT2D eigenvalue weighted by molar-refractivity contribution is 0.181. The van der Waals surface area contributed by atoms with E-state index in [1.807, 2.05) is 11.8 Å². The van der Waals surface area contributed by atoms with Crippen molar-refractivity contribution in [2.45, 2.75) is 44.0 Å². The van der Waals surface area contributed by atoms with Gasteiger partial charge in [-0.1, -0.05) is 6.92 Å². The summed E-state index contributed by atoms with van der Waals surface area (Å²) in [6, 6.07) is 0.432. The summed E-state index contributed by atoms with van der Waals surface area (Å²) in [6.07, 6.45) is 5.27. The van der Waals surface area contributed by atoms with Gasteiger partial charge >= 0.3 is 0 Å². The van der Waals surface area contributed by atoms with Gasteiger partial charge in [-0.3, -0.25) is 4.79 Å². The molecule has 1 fully saturated rings. The van der Waals surface area contributed by atoms with E-state index in [9.17, 15) is 4.79 Å². The highest BCUT2D eigenvalue weighted by atomic mass is 79.9. The van der Waals surface area contributed by atoms with Crippen molar-refractivity contribution in [3.05, 3.63) is 21.0 Å². The average Bonchev–Trinajstić information content (AvgIpc) is 2.91. The Bertz CT molecular complexity index is 523. The first kappa shape index (κ1) is 16.8. The SMILES string of the molecule is CCSC1CCC(Nc2cnn(CCOC)c(=O)c2Br)C1. The third kappa shape index (κ3) is 4.47. The van der Waals surface area contributed by atoms with Crippen molar-refractivity contribution in [2.75, 3.05) is 24.8 Å². The van der Waals surface area contributed by atoms with E-state index in [1.54, 1.807) is 13.3 Å². The number of nitrogens with zero attached hydrogens (tertiary/aromatic N) is 2. The van der Waals surface area contributed by atoms with Crippen LogP contribution in [-0.4, -0.2) is 40.5 Å². The van der Waals surface area contributed by atoms with Crippen LogP contribution in [-0.2, 0) is 11.3 Å². The molecule has 1 aliphatic carbocycles. The molecule has 0 aliphatic heterocycles. The summed E-state index contributed by atoms with van der Waals surface area (Å²) in [5.41, 5.74) is 0.676. The molecule has 0 bridgehead atoms. The molecule has 0 saturated heterocycles. The molecular formula is C14H22BrN3O2S. The molecule has 1 N–H and O–H groups in total. The monoisotopic (exact) mass is 375 g/mol. The molecule has 0 spiro atoms. The molecule has 5 nitrogen and oxygen atoms in total. The van der Waals surface area contributed by atoms with Crippen molar-refractivity contribution in [1.29, 1.82) is 0 Å². The summed E-state index contributed by atoms with van der Waals surface area (Å²) in [5, 5.41) is 8.39. The van der Waals surface area contributed by atoms with Crippen molar-refractivity contribution in [3.63, 3.8) is 0 Å². The Hall–Kier alpha value is -0.530. The van der Waals surface area contributed by atoms with Crippen LogP contribution in [0.4, 0.5) is 5.69 Å². The lowest BCUT2D eigenvalue weighted by Crippen LogP contribution is -2.27. The molecule has 1 aliphatic rings. The third-order valence-corrected chi connectivity index (χ3v) is 5.64. The molecule has 1 aromatic heterocycles. The zero-order valence-corrected chi connectivity index (χ0v) is 14.9. The molecule has 2 rings (SSSR count). The molecule has 1 aromatic rings. The van der Waals surface area contributed by atoms with Crippen LogP contribution >= 0.6 is 27.7 Å². The van der Waals surface area contributed by atoms with E-state index in [1.165, 1.54) is 11.1 Å². The molecule has 0 radical (unpaired) electrons. The quantitative estimate of drug-likeness (QED) is 0.793. The van der Waals surface area contributed by atoms with Crippen molar-refractivity contribution >= 4 is 33.4 Å². The summed E-state index contributed by atoms with van der Waals surface area (Å²) in [7, 11) is 1.61. The van der Waals surface area contributed by atoms with E-state index >= 15 is 0 Å². The second-order valence-electron chi connectivity index (χ2n) is 5.12. The summed E-state index contributed by atoms with van der Waals surface area (Å²) >= 11 is 5.42. The first-order valence-electron chi connectivity index (χ1n) is 7.28. The van der Waals surface area contributed by atoms with Crippen LogP contribution in [0, 0.1) is 0 Å². The van der Waals surface area contributed by atoms with E-state index in [2.05, 4.69) is 33.3 Å². The van der Waals surface area contributed by atoms with Gasteiger partial charge in [0.15, 0.2) is 0 Å². The van der Waals surface area contributed by atoms with Gasteiger partial charge in [0.1, 0.15) is 4.47 Å². The molecule has 2 unspecified atom stereocenters. The minimum absolute atomic E-state index is 0.116. The molecule has 7 heteroatoms. The second-order valence-corrected chi connectivity index (χ2v) is 7.50. The fourth-order valence-electron chi connectivity index (χ4n) is 2.58. The van der Waals surface area contributed by atoms with E-state index in [4.69, 9.17) is 4.74 Å². The Morgan fingerprint density at radius 1 is 1.57 bits per heavy atom. The van der Waals surface area contributed by atoms with Gasteiger partial charge in [0, 0.05) is 18.4 Å². The van der Waals surface area contributed by atoms with Gasteiger partial charge in [-0.2, -0.15) is 16.9 Å². The van der Waals surface area contributed by atoms with Gasteiger partial charge < -0.3 is 10.1 Å². The number of rotatable bonds is 7. The number of nitrogens with one attached hydrogen (secondary N) is 1. The van der Waals surface area contributed by atoms with Crippen molar-refractivity contribution in [3.8, 4) is 0 Å². The molecule has 118 valence electrons. The van der Waals surface area contributed by atoms with Crippen LogP contribution in [0.1, 0.15) is 26.2 Å². The number of thioether (sulfide) groups is 1. The van der Waals surface area contributed by atoms with Gasteiger partial charge in [0.05, 0.1) is 25.0 Å². The normalized spacial score (nSPS) is 21.7. The Morgan fingerprint density at radius 3 is 3.10 bits per heavy atom. The Labute approximate surface area is 138 Å². The summed E-state index contributed by atoms with van der Waals surface area (Å²) < 4.78 is 6.96. The third-order valence-electron chi connectivity index (χ3n) is 3.64. The zero-order valence-electron chi connectivity index (χ0n) is 12.5. The van der Waals surface area contributed by atoms with Gasteiger partial charge in [-0.25, -0.2) is 4.68 Å². The highest BCUT2D eigenvalue weighted by molar-refractivity contribution is 9.10. The zero-order chi connectivity index (χ0) is 15.2. The minimum Gasteiger partial charge on any atom is -0.383 e. The highest BCUT2D eigenvalue weighted by Gasteiger charge is 2.25. The lowest BCUT2D eigenvalue weighted by atomic mass is 10.2. The van der Waals surface area contributed by atoms with Gasteiger partial charge in [-0.15, -0.1) is 0 Å². The van der Waals surface area contributed by atoms with E-state index in [-0.39, 0.29) is 5.56 Å². The summed E-state index contributed by atoms with van der Waals surface area (Å²) in [6.45, 7) is 3.14. The highest BCUT2D eigenvalue weighted by Crippen LogP contribution is 2.32. The predicted octanol–water partition coefficient (Wildman–Crippen LogP) is 2.74. The van der Waals surface area contributed by atoms with Crippen LogP contribution < -0.4 is 10.9 Å². The largest absolute Gasteiger partial charge is 0.383 e. The number of hydrogen-bond donors (Lipinski definition) is 1. The summed E-state index contributed by atoms with van der Waals surface area (Å²) in [5.74, 6) is 1.16. The maximum absolute atomic E-state index is 12.2. The maximum Gasteiger partial charge on any atom is 0.283 e. The molecule has 2 atom stereocenters.